The van der Waals surface area contributed by atoms with Crippen molar-refractivity contribution < 1.29 is 0 Å². The van der Waals surface area contributed by atoms with Gasteiger partial charge in [-0.2, -0.15) is 0 Å². The van der Waals surface area contributed by atoms with E-state index in [2.05, 4.69) is 59.6 Å². The van der Waals surface area contributed by atoms with Gasteiger partial charge in [0.15, 0.2) is 0 Å². The van der Waals surface area contributed by atoms with Crippen molar-refractivity contribution in [3.63, 3.8) is 0 Å². The second-order valence-corrected chi connectivity index (χ2v) is 6.63. The summed E-state index contributed by atoms with van der Waals surface area (Å²) in [5.74, 6) is 1.48. The molecular formula is C15H25BrN2. The van der Waals surface area contributed by atoms with Crippen molar-refractivity contribution in [2.24, 2.45) is 11.8 Å². The van der Waals surface area contributed by atoms with Gasteiger partial charge >= 0.3 is 0 Å². The van der Waals surface area contributed by atoms with Crippen LogP contribution < -0.4 is 4.90 Å². The second-order valence-electron chi connectivity index (χ2n) is 5.71. The lowest BCUT2D eigenvalue weighted by Crippen LogP contribution is -2.27. The van der Waals surface area contributed by atoms with E-state index in [1.54, 1.807) is 0 Å². The minimum Gasteiger partial charge on any atom is -0.370 e. The van der Waals surface area contributed by atoms with Gasteiger partial charge in [0.25, 0.3) is 0 Å². The summed E-state index contributed by atoms with van der Waals surface area (Å²) in [6.45, 7) is 11.3. The summed E-state index contributed by atoms with van der Waals surface area (Å²) in [7, 11) is 0. The highest BCUT2D eigenvalue weighted by atomic mass is 79.9. The van der Waals surface area contributed by atoms with Gasteiger partial charge in [0.1, 0.15) is 0 Å². The quantitative estimate of drug-likeness (QED) is 0.722. The normalized spacial score (nSPS) is 11.3. The Bertz CT molecular complexity index is 338. The molecule has 0 bridgehead atoms. The average Bonchev–Trinajstić information content (AvgIpc) is 2.28. The summed E-state index contributed by atoms with van der Waals surface area (Å²) in [6, 6.07) is 2.16. The number of hydrogen-bond acceptors (Lipinski definition) is 2. The molecule has 1 aromatic heterocycles. The number of hydrogen-bond donors (Lipinski definition) is 0. The number of nitrogens with zero attached hydrogens (tertiary/aromatic N) is 2. The van der Waals surface area contributed by atoms with E-state index in [0.717, 1.165) is 29.4 Å². The van der Waals surface area contributed by atoms with Gasteiger partial charge in [-0.25, -0.2) is 0 Å². The lowest BCUT2D eigenvalue weighted by Gasteiger charge is -2.26. The Kier molecular flexibility index (Phi) is 6.69. The molecule has 0 saturated carbocycles. The molecule has 0 N–H and O–H groups in total. The van der Waals surface area contributed by atoms with E-state index in [1.165, 1.54) is 18.5 Å². The van der Waals surface area contributed by atoms with Gasteiger partial charge in [-0.3, -0.25) is 4.98 Å². The number of halogens is 1. The SMILES string of the molecule is CC(C)CCN(CCC(C)C)c1cncc(Br)c1. The standard InChI is InChI=1S/C15H25BrN2/c1-12(2)5-7-18(8-6-13(3)4)15-9-14(16)10-17-11-15/h9-13H,5-8H2,1-4H3. The zero-order valence-electron chi connectivity index (χ0n) is 12.0. The van der Waals surface area contributed by atoms with Crippen LogP contribution in [0.4, 0.5) is 5.69 Å². The molecule has 0 fully saturated rings. The van der Waals surface area contributed by atoms with Crippen molar-refractivity contribution in [3.8, 4) is 0 Å². The van der Waals surface area contributed by atoms with Crippen LogP contribution in [-0.4, -0.2) is 18.1 Å². The van der Waals surface area contributed by atoms with Gasteiger partial charge in [0.2, 0.25) is 0 Å². The first-order chi connectivity index (χ1) is 8.49. The van der Waals surface area contributed by atoms with E-state index in [9.17, 15) is 0 Å². The summed E-state index contributed by atoms with van der Waals surface area (Å²) in [6.07, 6.45) is 6.26. The molecular weight excluding hydrogens is 288 g/mol. The van der Waals surface area contributed by atoms with Gasteiger partial charge in [0.05, 0.1) is 11.9 Å². The highest BCUT2D eigenvalue weighted by Gasteiger charge is 2.09. The van der Waals surface area contributed by atoms with Crippen LogP contribution in [0.1, 0.15) is 40.5 Å². The third-order valence-electron chi connectivity index (χ3n) is 3.01. The highest BCUT2D eigenvalue weighted by Crippen LogP contribution is 2.20. The fraction of sp³-hybridized carbons (Fsp3) is 0.667. The average molecular weight is 313 g/mol. The van der Waals surface area contributed by atoms with E-state index in [4.69, 9.17) is 0 Å². The molecule has 0 atom stereocenters. The third kappa shape index (κ3) is 5.85. The Hall–Kier alpha value is -0.570. The van der Waals surface area contributed by atoms with E-state index in [1.807, 2.05) is 12.4 Å². The van der Waals surface area contributed by atoms with Gasteiger partial charge in [-0.05, 0) is 46.7 Å². The van der Waals surface area contributed by atoms with E-state index in [-0.39, 0.29) is 0 Å². The van der Waals surface area contributed by atoms with Crippen molar-refractivity contribution in [1.82, 2.24) is 4.98 Å². The lowest BCUT2D eigenvalue weighted by molar-refractivity contribution is 0.535. The van der Waals surface area contributed by atoms with Gasteiger partial charge in [-0.15, -0.1) is 0 Å². The molecule has 0 saturated heterocycles. The van der Waals surface area contributed by atoms with Gasteiger partial charge < -0.3 is 4.90 Å². The summed E-state index contributed by atoms with van der Waals surface area (Å²) < 4.78 is 1.05. The van der Waals surface area contributed by atoms with Crippen LogP contribution in [-0.2, 0) is 0 Å². The summed E-state index contributed by atoms with van der Waals surface area (Å²) in [5, 5.41) is 0. The zero-order chi connectivity index (χ0) is 13.5. The van der Waals surface area contributed by atoms with E-state index >= 15 is 0 Å². The Balaban J connectivity index is 2.69. The van der Waals surface area contributed by atoms with Gasteiger partial charge in [-0.1, -0.05) is 27.7 Å². The maximum absolute atomic E-state index is 4.27. The fourth-order valence-electron chi connectivity index (χ4n) is 1.77. The summed E-state index contributed by atoms with van der Waals surface area (Å²) in [4.78, 5) is 6.73. The molecule has 1 rings (SSSR count). The maximum atomic E-state index is 4.27. The topological polar surface area (TPSA) is 16.1 Å². The van der Waals surface area contributed by atoms with E-state index in [0.29, 0.717) is 0 Å². The molecule has 0 aliphatic heterocycles. The third-order valence-corrected chi connectivity index (χ3v) is 3.44. The Morgan fingerprint density at radius 3 is 2.06 bits per heavy atom. The van der Waals surface area contributed by atoms with Crippen molar-refractivity contribution in [3.05, 3.63) is 22.9 Å². The molecule has 18 heavy (non-hydrogen) atoms. The molecule has 0 spiro atoms. The largest absolute Gasteiger partial charge is 0.370 e. The number of aromatic nitrogens is 1. The number of rotatable bonds is 7. The predicted octanol–water partition coefficient (Wildman–Crippen LogP) is 4.74. The summed E-state index contributed by atoms with van der Waals surface area (Å²) in [5.41, 5.74) is 1.23. The van der Waals surface area contributed by atoms with Crippen LogP contribution in [0, 0.1) is 11.8 Å². The maximum Gasteiger partial charge on any atom is 0.0564 e. The van der Waals surface area contributed by atoms with Crippen LogP contribution in [0.15, 0.2) is 22.9 Å². The molecule has 1 aromatic rings. The molecule has 102 valence electrons. The lowest BCUT2D eigenvalue weighted by atomic mass is 10.1. The Morgan fingerprint density at radius 1 is 1.06 bits per heavy atom. The molecule has 0 radical (unpaired) electrons. The fourth-order valence-corrected chi connectivity index (χ4v) is 2.12. The Labute approximate surface area is 120 Å². The first-order valence-electron chi connectivity index (χ1n) is 6.84. The van der Waals surface area contributed by atoms with Gasteiger partial charge in [0, 0.05) is 23.8 Å². The predicted molar refractivity (Wildman–Crippen MR) is 83.1 cm³/mol. The van der Waals surface area contributed by atoms with Crippen molar-refractivity contribution in [2.45, 2.75) is 40.5 Å². The van der Waals surface area contributed by atoms with Crippen LogP contribution in [0.3, 0.4) is 0 Å². The molecule has 0 aliphatic rings. The molecule has 0 unspecified atom stereocenters. The molecule has 0 amide bonds. The molecule has 0 aromatic carbocycles. The van der Waals surface area contributed by atoms with Crippen LogP contribution >= 0.6 is 15.9 Å². The van der Waals surface area contributed by atoms with E-state index < -0.39 is 0 Å². The molecule has 1 heterocycles. The minimum atomic E-state index is 0.742. The van der Waals surface area contributed by atoms with Crippen LogP contribution in [0.2, 0.25) is 0 Å². The van der Waals surface area contributed by atoms with Crippen molar-refractivity contribution in [2.75, 3.05) is 18.0 Å². The molecule has 3 heteroatoms. The van der Waals surface area contributed by atoms with Crippen molar-refractivity contribution >= 4 is 21.6 Å². The smallest absolute Gasteiger partial charge is 0.0564 e. The minimum absolute atomic E-state index is 0.742. The van der Waals surface area contributed by atoms with Crippen LogP contribution in [0.5, 0.6) is 0 Å². The molecule has 2 nitrogen and oxygen atoms in total. The first-order valence-corrected chi connectivity index (χ1v) is 7.64. The number of pyridine rings is 1. The zero-order valence-corrected chi connectivity index (χ0v) is 13.6. The van der Waals surface area contributed by atoms with Crippen LogP contribution in [0.25, 0.3) is 0 Å². The van der Waals surface area contributed by atoms with Crippen molar-refractivity contribution in [1.29, 1.82) is 0 Å². The second kappa shape index (κ2) is 7.78. The highest BCUT2D eigenvalue weighted by molar-refractivity contribution is 9.10. The number of anilines is 1. The Morgan fingerprint density at radius 2 is 1.61 bits per heavy atom. The first kappa shape index (κ1) is 15.5. The summed E-state index contributed by atoms with van der Waals surface area (Å²) >= 11 is 3.50. The molecule has 0 aliphatic carbocycles. The monoisotopic (exact) mass is 312 g/mol.